The van der Waals surface area contributed by atoms with E-state index in [9.17, 15) is 0 Å². The van der Waals surface area contributed by atoms with Crippen molar-refractivity contribution in [2.24, 2.45) is 0 Å². The SMILES string of the molecule is CC.CC(C)c1c2c(cc3c1CCC3)CCC2. The third kappa shape index (κ3) is 2.14. The van der Waals surface area contributed by atoms with Gasteiger partial charge in [0.05, 0.1) is 0 Å². The summed E-state index contributed by atoms with van der Waals surface area (Å²) in [6.45, 7) is 8.74. The zero-order chi connectivity index (χ0) is 12.4. The predicted molar refractivity (Wildman–Crippen MR) is 75.9 cm³/mol. The van der Waals surface area contributed by atoms with E-state index in [4.69, 9.17) is 0 Å². The summed E-state index contributed by atoms with van der Waals surface area (Å²) in [6, 6.07) is 2.52. The minimum Gasteiger partial charge on any atom is -0.0683 e. The Labute approximate surface area is 106 Å². The first-order valence-corrected chi connectivity index (χ1v) is 7.43. The van der Waals surface area contributed by atoms with Gasteiger partial charge in [-0.1, -0.05) is 33.8 Å². The fourth-order valence-corrected chi connectivity index (χ4v) is 3.56. The zero-order valence-corrected chi connectivity index (χ0v) is 11.9. The fourth-order valence-electron chi connectivity index (χ4n) is 3.56. The van der Waals surface area contributed by atoms with Crippen LogP contribution in [0.4, 0.5) is 0 Å². The van der Waals surface area contributed by atoms with Crippen molar-refractivity contribution in [3.63, 3.8) is 0 Å². The van der Waals surface area contributed by atoms with E-state index >= 15 is 0 Å². The van der Waals surface area contributed by atoms with E-state index < -0.39 is 0 Å². The first-order valence-electron chi connectivity index (χ1n) is 7.43. The van der Waals surface area contributed by atoms with Crippen molar-refractivity contribution in [1.82, 2.24) is 0 Å². The Kier molecular flexibility index (Phi) is 3.91. The average Bonchev–Trinajstić information content (AvgIpc) is 2.95. The van der Waals surface area contributed by atoms with Gasteiger partial charge in [0.25, 0.3) is 0 Å². The number of hydrogen-bond acceptors (Lipinski definition) is 0. The molecule has 0 saturated carbocycles. The summed E-state index contributed by atoms with van der Waals surface area (Å²) in [5.41, 5.74) is 8.55. The topological polar surface area (TPSA) is 0 Å². The zero-order valence-electron chi connectivity index (χ0n) is 11.9. The molecule has 0 unspecified atom stereocenters. The van der Waals surface area contributed by atoms with Crippen molar-refractivity contribution in [2.45, 2.75) is 72.1 Å². The smallest absolute Gasteiger partial charge is 0.0213 e. The van der Waals surface area contributed by atoms with Crippen LogP contribution in [0.1, 0.15) is 74.3 Å². The molecule has 2 aliphatic carbocycles. The highest BCUT2D eigenvalue weighted by molar-refractivity contribution is 5.51. The highest BCUT2D eigenvalue weighted by Gasteiger charge is 2.24. The van der Waals surface area contributed by atoms with Crippen LogP contribution in [0.25, 0.3) is 0 Å². The highest BCUT2D eigenvalue weighted by Crippen LogP contribution is 2.38. The molecule has 0 bridgehead atoms. The van der Waals surface area contributed by atoms with E-state index in [0.717, 1.165) is 5.92 Å². The summed E-state index contributed by atoms with van der Waals surface area (Å²) in [4.78, 5) is 0. The minimum absolute atomic E-state index is 0.727. The van der Waals surface area contributed by atoms with E-state index in [1.165, 1.54) is 38.5 Å². The standard InChI is InChI=1S/C15H20.C2H6/c1-10(2)15-13-7-3-5-11(13)9-12-6-4-8-14(12)15;1-2/h9-10H,3-8H2,1-2H3;1-2H3. The molecule has 0 spiro atoms. The summed E-state index contributed by atoms with van der Waals surface area (Å²) in [5.74, 6) is 0.727. The van der Waals surface area contributed by atoms with Gasteiger partial charge in [-0.05, 0) is 72.3 Å². The Hall–Kier alpha value is -0.780. The summed E-state index contributed by atoms with van der Waals surface area (Å²) in [6.07, 6.45) is 8.13. The molecule has 0 aromatic heterocycles. The monoisotopic (exact) mass is 230 g/mol. The second kappa shape index (κ2) is 5.25. The Morgan fingerprint density at radius 3 is 1.71 bits per heavy atom. The van der Waals surface area contributed by atoms with E-state index in [1.807, 2.05) is 13.8 Å². The van der Waals surface area contributed by atoms with Crippen LogP contribution in [-0.2, 0) is 25.7 Å². The molecule has 0 heteroatoms. The molecular weight excluding hydrogens is 204 g/mol. The molecule has 0 fully saturated rings. The van der Waals surface area contributed by atoms with Crippen molar-refractivity contribution in [1.29, 1.82) is 0 Å². The van der Waals surface area contributed by atoms with Crippen molar-refractivity contribution < 1.29 is 0 Å². The molecule has 1 aromatic rings. The van der Waals surface area contributed by atoms with Gasteiger partial charge in [0.1, 0.15) is 0 Å². The second-order valence-electron chi connectivity index (χ2n) is 5.43. The third-order valence-corrected chi connectivity index (χ3v) is 4.10. The van der Waals surface area contributed by atoms with Gasteiger partial charge in [0, 0.05) is 0 Å². The van der Waals surface area contributed by atoms with Gasteiger partial charge in [0.2, 0.25) is 0 Å². The van der Waals surface area contributed by atoms with Gasteiger partial charge < -0.3 is 0 Å². The third-order valence-electron chi connectivity index (χ3n) is 4.10. The summed E-state index contributed by atoms with van der Waals surface area (Å²) >= 11 is 0. The van der Waals surface area contributed by atoms with Crippen molar-refractivity contribution in [2.75, 3.05) is 0 Å². The number of rotatable bonds is 1. The van der Waals surface area contributed by atoms with E-state index in [2.05, 4.69) is 19.9 Å². The molecule has 0 radical (unpaired) electrons. The van der Waals surface area contributed by atoms with Crippen molar-refractivity contribution in [3.05, 3.63) is 33.9 Å². The van der Waals surface area contributed by atoms with Gasteiger partial charge in [-0.2, -0.15) is 0 Å². The first-order chi connectivity index (χ1) is 8.27. The van der Waals surface area contributed by atoms with Gasteiger partial charge >= 0.3 is 0 Å². The maximum Gasteiger partial charge on any atom is -0.0213 e. The second-order valence-corrected chi connectivity index (χ2v) is 5.43. The van der Waals surface area contributed by atoms with Crippen LogP contribution in [0.2, 0.25) is 0 Å². The molecule has 0 heterocycles. The van der Waals surface area contributed by atoms with Crippen LogP contribution in [0.3, 0.4) is 0 Å². The van der Waals surface area contributed by atoms with Crippen LogP contribution in [0, 0.1) is 0 Å². The van der Waals surface area contributed by atoms with E-state index in [-0.39, 0.29) is 0 Å². The molecule has 94 valence electrons. The van der Waals surface area contributed by atoms with Crippen molar-refractivity contribution in [3.8, 4) is 0 Å². The Bertz CT molecular complexity index is 367. The molecule has 0 nitrogen and oxygen atoms in total. The average molecular weight is 230 g/mol. The normalized spacial score (nSPS) is 16.5. The number of hydrogen-bond donors (Lipinski definition) is 0. The Morgan fingerprint density at radius 2 is 1.29 bits per heavy atom. The van der Waals surface area contributed by atoms with Crippen LogP contribution in [0.15, 0.2) is 6.07 Å². The van der Waals surface area contributed by atoms with Crippen LogP contribution in [0.5, 0.6) is 0 Å². The molecule has 2 aliphatic rings. The number of fused-ring (bicyclic) bond motifs is 2. The molecule has 0 N–H and O–H groups in total. The van der Waals surface area contributed by atoms with Gasteiger partial charge in [-0.3, -0.25) is 0 Å². The van der Waals surface area contributed by atoms with Crippen LogP contribution >= 0.6 is 0 Å². The molecule has 0 saturated heterocycles. The van der Waals surface area contributed by atoms with E-state index in [0.29, 0.717) is 0 Å². The number of benzene rings is 1. The number of aryl methyl sites for hydroxylation is 2. The summed E-state index contributed by atoms with van der Waals surface area (Å²) in [5, 5.41) is 0. The first kappa shape index (κ1) is 12.7. The highest BCUT2D eigenvalue weighted by atomic mass is 14.3. The molecule has 3 rings (SSSR count). The maximum absolute atomic E-state index is 2.52. The van der Waals surface area contributed by atoms with Gasteiger partial charge in [-0.25, -0.2) is 0 Å². The molecule has 0 aliphatic heterocycles. The van der Waals surface area contributed by atoms with Crippen LogP contribution in [-0.4, -0.2) is 0 Å². The lowest BCUT2D eigenvalue weighted by molar-refractivity contribution is 0.816. The lowest BCUT2D eigenvalue weighted by atomic mass is 9.87. The molecular formula is C17H26. The van der Waals surface area contributed by atoms with E-state index in [1.54, 1.807) is 27.8 Å². The Balaban J connectivity index is 0.000000514. The predicted octanol–water partition coefficient (Wildman–Crippen LogP) is 4.81. The lowest BCUT2D eigenvalue weighted by Crippen LogP contribution is -2.02. The largest absolute Gasteiger partial charge is 0.0683 e. The molecule has 1 aromatic carbocycles. The van der Waals surface area contributed by atoms with Crippen LogP contribution < -0.4 is 0 Å². The van der Waals surface area contributed by atoms with Gasteiger partial charge in [-0.15, -0.1) is 0 Å². The molecule has 17 heavy (non-hydrogen) atoms. The quantitative estimate of drug-likeness (QED) is 0.649. The summed E-state index contributed by atoms with van der Waals surface area (Å²) in [7, 11) is 0. The Morgan fingerprint density at radius 1 is 0.824 bits per heavy atom. The summed E-state index contributed by atoms with van der Waals surface area (Å²) < 4.78 is 0. The maximum atomic E-state index is 2.52. The van der Waals surface area contributed by atoms with Crippen molar-refractivity contribution >= 4 is 0 Å². The molecule has 0 amide bonds. The van der Waals surface area contributed by atoms with Gasteiger partial charge in [0.15, 0.2) is 0 Å². The lowest BCUT2D eigenvalue weighted by Gasteiger charge is -2.17. The molecule has 0 atom stereocenters. The fraction of sp³-hybridized carbons (Fsp3) is 0.647. The minimum atomic E-state index is 0.727.